The third kappa shape index (κ3) is 5.31. The number of amides is 2. The highest BCUT2D eigenvalue weighted by molar-refractivity contribution is 5.84. The lowest BCUT2D eigenvalue weighted by Crippen LogP contribution is -2.34. The molecule has 1 aliphatic heterocycles. The number of rotatable bonds is 9. The first kappa shape index (κ1) is 20.4. The lowest BCUT2D eigenvalue weighted by molar-refractivity contribution is -0.136. The number of benzene rings is 1. The summed E-state index contributed by atoms with van der Waals surface area (Å²) in [5, 5.41) is 0. The SMILES string of the molecule is CCCN(CCC)C(=O)CCC(=O)N1C[C@@H](CN)[C@H](c2ccccc2)C1. The summed E-state index contributed by atoms with van der Waals surface area (Å²) in [5.74, 6) is 0.741. The third-order valence-electron chi connectivity index (χ3n) is 5.22. The number of likely N-dealkylation sites (tertiary alicyclic amines) is 1. The fraction of sp³-hybridized carbons (Fsp3) is 0.619. The molecule has 5 heteroatoms. The summed E-state index contributed by atoms with van der Waals surface area (Å²) < 4.78 is 0. The zero-order valence-electron chi connectivity index (χ0n) is 16.2. The van der Waals surface area contributed by atoms with E-state index in [1.807, 2.05) is 28.0 Å². The molecule has 2 rings (SSSR count). The predicted octanol–water partition coefficient (Wildman–Crippen LogP) is 2.62. The molecule has 2 N–H and O–H groups in total. The van der Waals surface area contributed by atoms with Gasteiger partial charge in [0.2, 0.25) is 11.8 Å². The zero-order chi connectivity index (χ0) is 18.9. The lowest BCUT2D eigenvalue weighted by atomic mass is 9.89. The topological polar surface area (TPSA) is 66.6 Å². The highest BCUT2D eigenvalue weighted by atomic mass is 16.2. The average molecular weight is 360 g/mol. The Bertz CT molecular complexity index is 570. The van der Waals surface area contributed by atoms with Crippen molar-refractivity contribution in [3.8, 4) is 0 Å². The van der Waals surface area contributed by atoms with E-state index in [0.29, 0.717) is 32.5 Å². The Balaban J connectivity index is 1.90. The summed E-state index contributed by atoms with van der Waals surface area (Å²) in [4.78, 5) is 28.8. The van der Waals surface area contributed by atoms with Crippen LogP contribution in [0.5, 0.6) is 0 Å². The number of nitrogens with two attached hydrogens (primary N) is 1. The van der Waals surface area contributed by atoms with Crippen LogP contribution in [0.25, 0.3) is 0 Å². The van der Waals surface area contributed by atoms with Gasteiger partial charge in [-0.05, 0) is 30.9 Å². The quantitative estimate of drug-likeness (QED) is 0.737. The zero-order valence-corrected chi connectivity index (χ0v) is 16.2. The van der Waals surface area contributed by atoms with Crippen molar-refractivity contribution in [3.63, 3.8) is 0 Å². The summed E-state index contributed by atoms with van der Waals surface area (Å²) in [7, 11) is 0. The Kier molecular flexibility index (Phi) is 8.10. The molecule has 1 aromatic rings. The van der Waals surface area contributed by atoms with Crippen molar-refractivity contribution in [1.29, 1.82) is 0 Å². The molecule has 5 nitrogen and oxygen atoms in total. The Morgan fingerprint density at radius 1 is 1.08 bits per heavy atom. The molecule has 1 saturated heterocycles. The molecule has 1 aromatic carbocycles. The smallest absolute Gasteiger partial charge is 0.223 e. The van der Waals surface area contributed by atoms with Gasteiger partial charge in [0.15, 0.2) is 0 Å². The predicted molar refractivity (Wildman–Crippen MR) is 105 cm³/mol. The van der Waals surface area contributed by atoms with Crippen LogP contribution in [0.15, 0.2) is 30.3 Å². The van der Waals surface area contributed by atoms with Gasteiger partial charge in [0, 0.05) is 44.9 Å². The average Bonchev–Trinajstić information content (AvgIpc) is 3.11. The van der Waals surface area contributed by atoms with Gasteiger partial charge < -0.3 is 15.5 Å². The van der Waals surface area contributed by atoms with Crippen molar-refractivity contribution >= 4 is 11.8 Å². The van der Waals surface area contributed by atoms with Crippen LogP contribution in [-0.4, -0.2) is 54.3 Å². The van der Waals surface area contributed by atoms with Crippen molar-refractivity contribution in [2.45, 2.75) is 45.4 Å². The molecule has 1 heterocycles. The Labute approximate surface area is 157 Å². The summed E-state index contributed by atoms with van der Waals surface area (Å²) in [6.45, 7) is 7.65. The minimum absolute atomic E-state index is 0.0724. The van der Waals surface area contributed by atoms with E-state index in [1.165, 1.54) is 5.56 Å². The molecule has 144 valence electrons. The molecule has 2 atom stereocenters. The van der Waals surface area contributed by atoms with Gasteiger partial charge in [-0.3, -0.25) is 9.59 Å². The first-order valence-electron chi connectivity index (χ1n) is 9.91. The van der Waals surface area contributed by atoms with Gasteiger partial charge in [0.1, 0.15) is 0 Å². The Morgan fingerprint density at radius 3 is 2.31 bits per heavy atom. The van der Waals surface area contributed by atoms with Gasteiger partial charge in [-0.1, -0.05) is 44.2 Å². The van der Waals surface area contributed by atoms with E-state index in [2.05, 4.69) is 26.0 Å². The molecule has 0 aromatic heterocycles. The maximum Gasteiger partial charge on any atom is 0.223 e. The summed E-state index contributed by atoms with van der Waals surface area (Å²) in [6, 6.07) is 10.3. The van der Waals surface area contributed by atoms with E-state index < -0.39 is 0 Å². The van der Waals surface area contributed by atoms with Gasteiger partial charge in [0.25, 0.3) is 0 Å². The summed E-state index contributed by atoms with van der Waals surface area (Å²) in [5.41, 5.74) is 7.20. The highest BCUT2D eigenvalue weighted by Gasteiger charge is 2.35. The number of hydrogen-bond donors (Lipinski definition) is 1. The molecule has 26 heavy (non-hydrogen) atoms. The molecule has 0 radical (unpaired) electrons. The van der Waals surface area contributed by atoms with E-state index in [1.54, 1.807) is 0 Å². The minimum Gasteiger partial charge on any atom is -0.343 e. The van der Waals surface area contributed by atoms with E-state index in [0.717, 1.165) is 25.9 Å². The first-order valence-corrected chi connectivity index (χ1v) is 9.91. The number of nitrogens with zero attached hydrogens (tertiary/aromatic N) is 2. The van der Waals surface area contributed by atoms with Crippen LogP contribution in [-0.2, 0) is 9.59 Å². The first-order chi connectivity index (χ1) is 12.6. The molecular weight excluding hydrogens is 326 g/mol. The number of carbonyl (C=O) groups is 2. The molecule has 0 saturated carbocycles. The molecule has 0 unspecified atom stereocenters. The van der Waals surface area contributed by atoms with Crippen LogP contribution in [0.2, 0.25) is 0 Å². The molecule has 0 bridgehead atoms. The van der Waals surface area contributed by atoms with Crippen LogP contribution >= 0.6 is 0 Å². The third-order valence-corrected chi connectivity index (χ3v) is 5.22. The molecule has 1 aliphatic rings. The second-order valence-corrected chi connectivity index (χ2v) is 7.19. The van der Waals surface area contributed by atoms with Crippen LogP contribution in [0.3, 0.4) is 0 Å². The van der Waals surface area contributed by atoms with Crippen molar-refractivity contribution < 1.29 is 9.59 Å². The molecule has 1 fully saturated rings. The second-order valence-electron chi connectivity index (χ2n) is 7.19. The van der Waals surface area contributed by atoms with Gasteiger partial charge in [0.05, 0.1) is 0 Å². The summed E-state index contributed by atoms with van der Waals surface area (Å²) in [6.07, 6.45) is 2.49. The van der Waals surface area contributed by atoms with Crippen molar-refractivity contribution in [3.05, 3.63) is 35.9 Å². The maximum atomic E-state index is 12.6. The largest absolute Gasteiger partial charge is 0.343 e. The van der Waals surface area contributed by atoms with Crippen molar-refractivity contribution in [1.82, 2.24) is 9.80 Å². The molecule has 2 amide bonds. The van der Waals surface area contributed by atoms with E-state index in [9.17, 15) is 9.59 Å². The van der Waals surface area contributed by atoms with Gasteiger partial charge in [-0.2, -0.15) is 0 Å². The maximum absolute atomic E-state index is 12.6. The van der Waals surface area contributed by atoms with E-state index in [4.69, 9.17) is 5.73 Å². The normalized spacial score (nSPS) is 19.6. The van der Waals surface area contributed by atoms with Gasteiger partial charge >= 0.3 is 0 Å². The number of carbonyl (C=O) groups excluding carboxylic acids is 2. The minimum atomic E-state index is 0.0724. The Morgan fingerprint density at radius 2 is 1.73 bits per heavy atom. The van der Waals surface area contributed by atoms with Crippen LogP contribution in [0, 0.1) is 5.92 Å². The second kappa shape index (κ2) is 10.3. The van der Waals surface area contributed by atoms with Gasteiger partial charge in [-0.25, -0.2) is 0 Å². The van der Waals surface area contributed by atoms with E-state index in [-0.39, 0.29) is 23.7 Å². The highest BCUT2D eigenvalue weighted by Crippen LogP contribution is 2.32. The fourth-order valence-corrected chi connectivity index (χ4v) is 3.82. The van der Waals surface area contributed by atoms with Crippen molar-refractivity contribution in [2.75, 3.05) is 32.7 Å². The molecule has 0 aliphatic carbocycles. The summed E-state index contributed by atoms with van der Waals surface area (Å²) >= 11 is 0. The van der Waals surface area contributed by atoms with Crippen molar-refractivity contribution in [2.24, 2.45) is 11.7 Å². The molecular formula is C21H33N3O2. The number of hydrogen-bond acceptors (Lipinski definition) is 3. The van der Waals surface area contributed by atoms with E-state index >= 15 is 0 Å². The fourth-order valence-electron chi connectivity index (χ4n) is 3.82. The van der Waals surface area contributed by atoms with Crippen LogP contribution < -0.4 is 5.73 Å². The van der Waals surface area contributed by atoms with Gasteiger partial charge in [-0.15, -0.1) is 0 Å². The van der Waals surface area contributed by atoms with Crippen LogP contribution in [0.1, 0.15) is 51.0 Å². The van der Waals surface area contributed by atoms with Crippen LogP contribution in [0.4, 0.5) is 0 Å². The standard InChI is InChI=1S/C21H33N3O2/c1-3-12-23(13-4-2)20(25)10-11-21(26)24-15-18(14-22)19(16-24)17-8-6-5-7-9-17/h5-9,18-19H,3-4,10-16,22H2,1-2H3/t18-,19+/m1/s1. The Hall–Kier alpha value is -1.88. The monoisotopic (exact) mass is 359 g/mol. The lowest BCUT2D eigenvalue weighted by Gasteiger charge is -2.22. The molecule has 0 spiro atoms.